The van der Waals surface area contributed by atoms with Crippen LogP contribution in [0.2, 0.25) is 5.02 Å². The Morgan fingerprint density at radius 1 is 1.30 bits per heavy atom. The molecule has 27 heavy (non-hydrogen) atoms. The molecule has 1 rings (SSSR count). The fourth-order valence-corrected chi connectivity index (χ4v) is 2.05. The van der Waals surface area contributed by atoms with E-state index in [0.717, 1.165) is 6.08 Å². The minimum Gasteiger partial charge on any atom is -0.493 e. The molecule has 0 spiro atoms. The SMILES string of the molecule is COc1cc(/C=C/C(=O)OCC(=O)NCC(F)(F)F)cc(Cl)c1OC(C)C. The molecule has 0 saturated carbocycles. The van der Waals surface area contributed by atoms with Crippen LogP contribution < -0.4 is 14.8 Å². The van der Waals surface area contributed by atoms with E-state index in [9.17, 15) is 22.8 Å². The molecule has 0 atom stereocenters. The zero-order chi connectivity index (χ0) is 20.6. The van der Waals surface area contributed by atoms with E-state index in [2.05, 4.69) is 4.74 Å². The fraction of sp³-hybridized carbons (Fsp3) is 0.412. The Hall–Kier alpha value is -2.42. The molecule has 0 unspecified atom stereocenters. The van der Waals surface area contributed by atoms with Gasteiger partial charge in [0.25, 0.3) is 5.91 Å². The standard InChI is InChI=1S/C17H19ClF3NO5/c1-10(2)27-16-12(18)6-11(7-13(16)25-3)4-5-15(24)26-8-14(23)22-9-17(19,20)21/h4-7,10H,8-9H2,1-3H3,(H,22,23)/b5-4+. The predicted octanol–water partition coefficient (Wildman–Crippen LogP) is 3.37. The van der Waals surface area contributed by atoms with Crippen molar-refractivity contribution in [3.63, 3.8) is 0 Å². The summed E-state index contributed by atoms with van der Waals surface area (Å²) < 4.78 is 51.2. The third-order valence-electron chi connectivity index (χ3n) is 2.85. The average molecular weight is 410 g/mol. The van der Waals surface area contributed by atoms with Crippen molar-refractivity contribution in [2.45, 2.75) is 26.1 Å². The van der Waals surface area contributed by atoms with Crippen LogP contribution in [0.1, 0.15) is 19.4 Å². The molecule has 6 nitrogen and oxygen atoms in total. The summed E-state index contributed by atoms with van der Waals surface area (Å²) in [5, 5.41) is 1.85. The van der Waals surface area contributed by atoms with Gasteiger partial charge in [-0.15, -0.1) is 0 Å². The number of methoxy groups -OCH3 is 1. The van der Waals surface area contributed by atoms with E-state index >= 15 is 0 Å². The molecule has 0 radical (unpaired) electrons. The first-order chi connectivity index (χ1) is 12.5. The van der Waals surface area contributed by atoms with Crippen LogP contribution in [0.3, 0.4) is 0 Å². The number of hydrogen-bond acceptors (Lipinski definition) is 5. The second-order valence-corrected chi connectivity index (χ2v) is 5.94. The minimum absolute atomic E-state index is 0.128. The smallest absolute Gasteiger partial charge is 0.405 e. The van der Waals surface area contributed by atoms with E-state index in [1.807, 2.05) is 13.8 Å². The summed E-state index contributed by atoms with van der Waals surface area (Å²) in [5.41, 5.74) is 0.492. The maximum Gasteiger partial charge on any atom is 0.405 e. The van der Waals surface area contributed by atoms with E-state index in [4.69, 9.17) is 21.1 Å². The molecule has 150 valence electrons. The van der Waals surface area contributed by atoms with Gasteiger partial charge in [-0.2, -0.15) is 13.2 Å². The van der Waals surface area contributed by atoms with E-state index in [-0.39, 0.29) is 11.1 Å². The molecule has 0 aliphatic heterocycles. The van der Waals surface area contributed by atoms with Crippen LogP contribution in [0.5, 0.6) is 11.5 Å². The number of rotatable bonds is 8. The molecule has 1 N–H and O–H groups in total. The van der Waals surface area contributed by atoms with Crippen molar-refractivity contribution in [2.75, 3.05) is 20.3 Å². The first-order valence-corrected chi connectivity index (χ1v) is 8.12. The number of halogens is 4. The summed E-state index contributed by atoms with van der Waals surface area (Å²) in [6.07, 6.45) is -2.31. The predicted molar refractivity (Wildman–Crippen MR) is 92.8 cm³/mol. The Morgan fingerprint density at radius 3 is 2.52 bits per heavy atom. The van der Waals surface area contributed by atoms with Gasteiger partial charge in [-0.3, -0.25) is 4.79 Å². The van der Waals surface area contributed by atoms with Gasteiger partial charge in [0, 0.05) is 6.08 Å². The third-order valence-corrected chi connectivity index (χ3v) is 3.13. The summed E-state index contributed by atoms with van der Waals surface area (Å²) >= 11 is 6.15. The number of carbonyl (C=O) groups excluding carboxylic acids is 2. The zero-order valence-corrected chi connectivity index (χ0v) is 15.6. The van der Waals surface area contributed by atoms with Crippen molar-refractivity contribution >= 4 is 29.6 Å². The number of esters is 1. The van der Waals surface area contributed by atoms with Gasteiger partial charge in [-0.05, 0) is 37.6 Å². The molecule has 10 heteroatoms. The fourth-order valence-electron chi connectivity index (χ4n) is 1.78. The Balaban J connectivity index is 2.67. The minimum atomic E-state index is -4.54. The van der Waals surface area contributed by atoms with Gasteiger partial charge in [0.05, 0.1) is 18.2 Å². The largest absolute Gasteiger partial charge is 0.493 e. The molecule has 1 aromatic carbocycles. The van der Waals surface area contributed by atoms with Crippen LogP contribution in [0.15, 0.2) is 18.2 Å². The molecule has 0 bridgehead atoms. The third kappa shape index (κ3) is 8.67. The lowest BCUT2D eigenvalue weighted by atomic mass is 10.2. The number of benzene rings is 1. The van der Waals surface area contributed by atoms with Crippen LogP contribution in [0.25, 0.3) is 6.08 Å². The molecular weight excluding hydrogens is 391 g/mol. The van der Waals surface area contributed by atoms with E-state index < -0.39 is 31.2 Å². The highest BCUT2D eigenvalue weighted by Gasteiger charge is 2.27. The summed E-state index contributed by atoms with van der Waals surface area (Å²) in [6, 6.07) is 3.10. The van der Waals surface area contributed by atoms with Crippen molar-refractivity contribution < 1.29 is 37.0 Å². The normalized spacial score (nSPS) is 11.6. The molecule has 0 heterocycles. The summed E-state index contributed by atoms with van der Waals surface area (Å²) in [4.78, 5) is 22.7. The highest BCUT2D eigenvalue weighted by molar-refractivity contribution is 6.32. The van der Waals surface area contributed by atoms with Crippen LogP contribution in [0.4, 0.5) is 13.2 Å². The molecule has 1 aromatic rings. The maximum atomic E-state index is 12.0. The van der Waals surface area contributed by atoms with Crippen LogP contribution in [0, 0.1) is 0 Å². The molecule has 0 aliphatic carbocycles. The zero-order valence-electron chi connectivity index (χ0n) is 14.9. The van der Waals surface area contributed by atoms with Gasteiger partial charge in [0.1, 0.15) is 6.54 Å². The highest BCUT2D eigenvalue weighted by atomic mass is 35.5. The van der Waals surface area contributed by atoms with Gasteiger partial charge in [-0.25, -0.2) is 4.79 Å². The van der Waals surface area contributed by atoms with Crippen LogP contribution >= 0.6 is 11.6 Å². The summed E-state index contributed by atoms with van der Waals surface area (Å²) in [6.45, 7) is 1.32. The second-order valence-electron chi connectivity index (χ2n) is 5.53. The second kappa shape index (κ2) is 10.1. The Kier molecular flexibility index (Phi) is 8.42. The first-order valence-electron chi connectivity index (χ1n) is 7.74. The van der Waals surface area contributed by atoms with Gasteiger partial charge in [-0.1, -0.05) is 11.6 Å². The lowest BCUT2D eigenvalue weighted by Crippen LogP contribution is -2.36. The van der Waals surface area contributed by atoms with Crippen LogP contribution in [-0.2, 0) is 14.3 Å². The van der Waals surface area contributed by atoms with Crippen molar-refractivity contribution in [3.8, 4) is 11.5 Å². The van der Waals surface area contributed by atoms with Crippen molar-refractivity contribution in [3.05, 3.63) is 28.8 Å². The Labute approximate surface area is 159 Å². The number of hydrogen-bond donors (Lipinski definition) is 1. The maximum absolute atomic E-state index is 12.0. The van der Waals surface area contributed by atoms with Crippen molar-refractivity contribution in [1.29, 1.82) is 0 Å². The number of nitrogens with one attached hydrogen (secondary N) is 1. The average Bonchev–Trinajstić information content (AvgIpc) is 2.57. The van der Waals surface area contributed by atoms with Crippen molar-refractivity contribution in [1.82, 2.24) is 5.32 Å². The van der Waals surface area contributed by atoms with Gasteiger partial charge >= 0.3 is 12.1 Å². The molecule has 0 fully saturated rings. The first kappa shape index (κ1) is 22.6. The summed E-state index contributed by atoms with van der Waals surface area (Å²) in [5.74, 6) is -1.25. The van der Waals surface area contributed by atoms with Gasteiger partial charge < -0.3 is 19.5 Å². The molecule has 1 amide bonds. The quantitative estimate of drug-likeness (QED) is 0.526. The lowest BCUT2D eigenvalue weighted by molar-refractivity contribution is -0.148. The summed E-state index contributed by atoms with van der Waals surface area (Å²) in [7, 11) is 1.43. The van der Waals surface area contributed by atoms with Gasteiger partial charge in [0.15, 0.2) is 18.1 Å². The molecule has 0 aromatic heterocycles. The topological polar surface area (TPSA) is 73.9 Å². The highest BCUT2D eigenvalue weighted by Crippen LogP contribution is 2.37. The molecular formula is C17H19ClF3NO5. The molecule has 0 aliphatic rings. The monoisotopic (exact) mass is 409 g/mol. The number of carbonyl (C=O) groups is 2. The Bertz CT molecular complexity index is 705. The number of amides is 1. The lowest BCUT2D eigenvalue weighted by Gasteiger charge is -2.15. The number of alkyl halides is 3. The van der Waals surface area contributed by atoms with E-state index in [1.165, 1.54) is 19.3 Å². The number of ether oxygens (including phenoxy) is 3. The van der Waals surface area contributed by atoms with Gasteiger partial charge in [0.2, 0.25) is 0 Å². The van der Waals surface area contributed by atoms with Crippen LogP contribution in [-0.4, -0.2) is 44.4 Å². The van der Waals surface area contributed by atoms with E-state index in [1.54, 1.807) is 11.4 Å². The van der Waals surface area contributed by atoms with Crippen molar-refractivity contribution in [2.24, 2.45) is 0 Å². The molecule has 0 saturated heterocycles. The Morgan fingerprint density at radius 2 is 1.96 bits per heavy atom. The van der Waals surface area contributed by atoms with E-state index in [0.29, 0.717) is 17.1 Å².